The normalized spacial score (nSPS) is 20.1. The molecule has 2 heterocycles. The molecular weight excluding hydrogens is 208 g/mol. The molecule has 88 valence electrons. The van der Waals surface area contributed by atoms with Gasteiger partial charge in [0.15, 0.2) is 11.6 Å². The monoisotopic (exact) mass is 224 g/mol. The number of anilines is 2. The molecule has 1 aliphatic heterocycles. The smallest absolute Gasteiger partial charge is 0.204 e. The molecule has 0 saturated carbocycles. The summed E-state index contributed by atoms with van der Waals surface area (Å²) < 4.78 is 5.21. The Kier molecular flexibility index (Phi) is 3.09. The van der Waals surface area contributed by atoms with Crippen molar-refractivity contribution in [2.75, 3.05) is 30.9 Å². The second-order valence-electron chi connectivity index (χ2n) is 3.79. The van der Waals surface area contributed by atoms with Gasteiger partial charge < -0.3 is 20.5 Å². The molecule has 1 aromatic rings. The number of ether oxygens (including phenoxy) is 1. The largest absolute Gasteiger partial charge is 0.490 e. The topological polar surface area (TPSA) is 84.5 Å². The first-order valence-electron chi connectivity index (χ1n) is 5.30. The molecule has 0 aliphatic carbocycles. The van der Waals surface area contributed by atoms with Gasteiger partial charge in [-0.05, 0) is 12.8 Å². The van der Waals surface area contributed by atoms with Crippen molar-refractivity contribution < 1.29 is 9.84 Å². The van der Waals surface area contributed by atoms with Gasteiger partial charge in [-0.25, -0.2) is 9.97 Å². The van der Waals surface area contributed by atoms with E-state index in [1.807, 2.05) is 4.90 Å². The molecule has 2 rings (SSSR count). The Hall–Kier alpha value is -1.56. The molecular formula is C10H16N4O2. The van der Waals surface area contributed by atoms with E-state index in [9.17, 15) is 5.11 Å². The van der Waals surface area contributed by atoms with Crippen molar-refractivity contribution in [3.8, 4) is 5.75 Å². The van der Waals surface area contributed by atoms with Gasteiger partial charge >= 0.3 is 0 Å². The molecule has 3 N–H and O–H groups in total. The van der Waals surface area contributed by atoms with Crippen molar-refractivity contribution in [1.82, 2.24) is 9.97 Å². The van der Waals surface area contributed by atoms with Crippen LogP contribution in [0.15, 0.2) is 6.33 Å². The first-order chi connectivity index (χ1) is 7.77. The third-order valence-electron chi connectivity index (χ3n) is 2.88. The van der Waals surface area contributed by atoms with Crippen molar-refractivity contribution in [2.45, 2.75) is 18.9 Å². The lowest BCUT2D eigenvalue weighted by Gasteiger charge is -2.25. The fraction of sp³-hybridized carbons (Fsp3) is 0.600. The molecule has 1 fully saturated rings. The maximum absolute atomic E-state index is 9.27. The van der Waals surface area contributed by atoms with Crippen LogP contribution in [0.25, 0.3) is 0 Å². The predicted molar refractivity (Wildman–Crippen MR) is 60.5 cm³/mol. The van der Waals surface area contributed by atoms with E-state index in [0.29, 0.717) is 17.4 Å². The first-order valence-corrected chi connectivity index (χ1v) is 5.30. The highest BCUT2D eigenvalue weighted by molar-refractivity contribution is 5.63. The average molecular weight is 224 g/mol. The molecule has 0 spiro atoms. The Bertz CT molecular complexity index is 372. The maximum atomic E-state index is 9.27. The number of aliphatic hydroxyl groups excluding tert-OH is 1. The van der Waals surface area contributed by atoms with E-state index in [-0.39, 0.29) is 12.6 Å². The minimum Gasteiger partial charge on any atom is -0.490 e. The number of methoxy groups -OCH3 is 1. The molecule has 1 aliphatic rings. The molecule has 1 saturated heterocycles. The summed E-state index contributed by atoms with van der Waals surface area (Å²) in [6, 6.07) is 0.100. The third kappa shape index (κ3) is 1.76. The fourth-order valence-electron chi connectivity index (χ4n) is 2.08. The van der Waals surface area contributed by atoms with E-state index in [0.717, 1.165) is 19.4 Å². The highest BCUT2D eigenvalue weighted by atomic mass is 16.5. The lowest BCUT2D eigenvalue weighted by molar-refractivity contribution is 0.265. The van der Waals surface area contributed by atoms with E-state index < -0.39 is 0 Å². The van der Waals surface area contributed by atoms with Crippen LogP contribution in [0.3, 0.4) is 0 Å². The van der Waals surface area contributed by atoms with Gasteiger partial charge in [0.1, 0.15) is 6.33 Å². The molecule has 1 aromatic heterocycles. The number of nitrogens with zero attached hydrogens (tertiary/aromatic N) is 3. The van der Waals surface area contributed by atoms with Crippen molar-refractivity contribution >= 4 is 11.6 Å². The van der Waals surface area contributed by atoms with Gasteiger partial charge in [0, 0.05) is 6.54 Å². The molecule has 1 atom stereocenters. The maximum Gasteiger partial charge on any atom is 0.204 e. The summed E-state index contributed by atoms with van der Waals surface area (Å²) in [4.78, 5) is 10.1. The van der Waals surface area contributed by atoms with E-state index in [4.69, 9.17) is 10.5 Å². The quantitative estimate of drug-likeness (QED) is 0.753. The number of hydrogen-bond acceptors (Lipinski definition) is 6. The highest BCUT2D eigenvalue weighted by Gasteiger charge is 2.28. The number of nitrogen functional groups attached to an aromatic ring is 1. The Balaban J connectivity index is 2.35. The SMILES string of the molecule is COc1c(N)ncnc1N1CCCC1CO. The van der Waals surface area contributed by atoms with Crippen molar-refractivity contribution in [3.63, 3.8) is 0 Å². The van der Waals surface area contributed by atoms with Crippen LogP contribution in [0.2, 0.25) is 0 Å². The standard InChI is InChI=1S/C10H16N4O2/c1-16-8-9(11)12-6-13-10(8)14-4-2-3-7(14)5-15/h6-7,15H,2-5H2,1H3,(H2,11,12,13). The van der Waals surface area contributed by atoms with E-state index in [1.165, 1.54) is 6.33 Å². The van der Waals surface area contributed by atoms with E-state index >= 15 is 0 Å². The van der Waals surface area contributed by atoms with Crippen LogP contribution in [0.4, 0.5) is 11.6 Å². The second-order valence-corrected chi connectivity index (χ2v) is 3.79. The Morgan fingerprint density at radius 2 is 2.44 bits per heavy atom. The van der Waals surface area contributed by atoms with Crippen molar-refractivity contribution in [1.29, 1.82) is 0 Å². The number of hydrogen-bond donors (Lipinski definition) is 2. The number of nitrogens with two attached hydrogens (primary N) is 1. The molecule has 6 nitrogen and oxygen atoms in total. The van der Waals surface area contributed by atoms with Crippen LogP contribution in [-0.2, 0) is 0 Å². The van der Waals surface area contributed by atoms with Gasteiger partial charge in [0.05, 0.1) is 19.8 Å². The van der Waals surface area contributed by atoms with Gasteiger partial charge in [-0.1, -0.05) is 0 Å². The van der Waals surface area contributed by atoms with Crippen LogP contribution in [0.5, 0.6) is 5.75 Å². The summed E-state index contributed by atoms with van der Waals surface area (Å²) in [5, 5.41) is 9.27. The fourth-order valence-corrected chi connectivity index (χ4v) is 2.08. The summed E-state index contributed by atoms with van der Waals surface area (Å²) in [6.07, 6.45) is 3.42. The zero-order valence-electron chi connectivity index (χ0n) is 9.26. The van der Waals surface area contributed by atoms with Crippen LogP contribution < -0.4 is 15.4 Å². The third-order valence-corrected chi connectivity index (χ3v) is 2.88. The average Bonchev–Trinajstić information content (AvgIpc) is 2.76. The molecule has 6 heteroatoms. The minimum absolute atomic E-state index is 0.100. The Morgan fingerprint density at radius 1 is 1.62 bits per heavy atom. The van der Waals surface area contributed by atoms with E-state index in [2.05, 4.69) is 9.97 Å². The summed E-state index contributed by atoms with van der Waals surface area (Å²) in [6.45, 7) is 0.977. The summed E-state index contributed by atoms with van der Waals surface area (Å²) in [5.74, 6) is 1.49. The van der Waals surface area contributed by atoms with Crippen LogP contribution in [0.1, 0.15) is 12.8 Å². The molecule has 1 unspecified atom stereocenters. The van der Waals surface area contributed by atoms with Gasteiger partial charge in [0.2, 0.25) is 5.75 Å². The van der Waals surface area contributed by atoms with Gasteiger partial charge in [0.25, 0.3) is 0 Å². The minimum atomic E-state index is 0.100. The molecule has 0 aromatic carbocycles. The van der Waals surface area contributed by atoms with Crippen molar-refractivity contribution in [3.05, 3.63) is 6.33 Å². The number of aromatic nitrogens is 2. The Labute approximate surface area is 94.1 Å². The zero-order valence-corrected chi connectivity index (χ0v) is 9.26. The first kappa shape index (κ1) is 10.9. The van der Waals surface area contributed by atoms with Crippen LogP contribution >= 0.6 is 0 Å². The summed E-state index contributed by atoms with van der Waals surface area (Å²) in [5.41, 5.74) is 5.72. The molecule has 0 radical (unpaired) electrons. The lowest BCUT2D eigenvalue weighted by Crippen LogP contribution is -2.33. The van der Waals surface area contributed by atoms with Crippen molar-refractivity contribution in [2.24, 2.45) is 0 Å². The van der Waals surface area contributed by atoms with Gasteiger partial charge in [-0.2, -0.15) is 0 Å². The van der Waals surface area contributed by atoms with Gasteiger partial charge in [-0.15, -0.1) is 0 Å². The predicted octanol–water partition coefficient (Wildman–Crippen LogP) is 0.0285. The van der Waals surface area contributed by atoms with Crippen LogP contribution in [-0.4, -0.2) is 41.4 Å². The molecule has 0 amide bonds. The number of aliphatic hydroxyl groups is 1. The molecule has 0 bridgehead atoms. The molecule has 16 heavy (non-hydrogen) atoms. The highest BCUT2D eigenvalue weighted by Crippen LogP contribution is 2.34. The Morgan fingerprint density at radius 3 is 3.12 bits per heavy atom. The van der Waals surface area contributed by atoms with Crippen LogP contribution in [0, 0.1) is 0 Å². The van der Waals surface area contributed by atoms with E-state index in [1.54, 1.807) is 7.11 Å². The lowest BCUT2D eigenvalue weighted by atomic mass is 10.2. The summed E-state index contributed by atoms with van der Waals surface area (Å²) >= 11 is 0. The second kappa shape index (κ2) is 4.52. The van der Waals surface area contributed by atoms with Gasteiger partial charge in [-0.3, -0.25) is 0 Å². The number of rotatable bonds is 3. The zero-order chi connectivity index (χ0) is 11.5. The summed E-state index contributed by atoms with van der Waals surface area (Å²) in [7, 11) is 1.54.